The van der Waals surface area contributed by atoms with E-state index in [4.69, 9.17) is 10.8 Å². The van der Waals surface area contributed by atoms with Crippen molar-refractivity contribution in [1.82, 2.24) is 0 Å². The molecule has 1 atom stereocenters. The molecule has 1 unspecified atom stereocenters. The monoisotopic (exact) mass is 239 g/mol. The molecule has 1 aromatic heterocycles. The third-order valence-electron chi connectivity index (χ3n) is 2.45. The molecule has 0 saturated carbocycles. The van der Waals surface area contributed by atoms with Crippen molar-refractivity contribution in [3.63, 3.8) is 0 Å². The Kier molecular flexibility index (Phi) is 2.65. The van der Waals surface area contributed by atoms with Gasteiger partial charge in [-0.3, -0.25) is 4.79 Å². The number of hydrogen-bond donors (Lipinski definition) is 2. The molecule has 0 fully saturated rings. The molecule has 0 radical (unpaired) electrons. The van der Waals surface area contributed by atoms with Crippen molar-refractivity contribution < 1.29 is 14.3 Å². The lowest BCUT2D eigenvalue weighted by molar-refractivity contribution is -0.138. The van der Waals surface area contributed by atoms with Crippen molar-refractivity contribution in [2.24, 2.45) is 5.73 Å². The largest absolute Gasteiger partial charge is 0.480 e. The molecule has 84 valence electrons. The number of aryl methyl sites for hydroxylation is 1. The van der Waals surface area contributed by atoms with Crippen LogP contribution in [0.15, 0.2) is 18.2 Å². The number of carboxylic acids is 1. The molecule has 1 aromatic carbocycles. The van der Waals surface area contributed by atoms with Gasteiger partial charge in [0.25, 0.3) is 0 Å². The maximum absolute atomic E-state index is 13.0. The fraction of sp³-hybridized carbons (Fsp3) is 0.182. The van der Waals surface area contributed by atoms with E-state index in [-0.39, 0.29) is 5.82 Å². The zero-order chi connectivity index (χ0) is 11.9. The van der Waals surface area contributed by atoms with Gasteiger partial charge in [0.05, 0.1) is 0 Å². The number of thiophene rings is 1. The number of rotatable bonds is 2. The van der Waals surface area contributed by atoms with Crippen LogP contribution in [-0.4, -0.2) is 11.1 Å². The molecule has 0 bridgehead atoms. The summed E-state index contributed by atoms with van der Waals surface area (Å²) in [7, 11) is 0. The van der Waals surface area contributed by atoms with E-state index in [1.165, 1.54) is 23.5 Å². The summed E-state index contributed by atoms with van der Waals surface area (Å²) in [5.41, 5.74) is 6.18. The van der Waals surface area contributed by atoms with E-state index in [0.29, 0.717) is 5.56 Å². The third-order valence-corrected chi connectivity index (χ3v) is 3.54. The van der Waals surface area contributed by atoms with Crippen LogP contribution < -0.4 is 5.73 Å². The highest BCUT2D eigenvalue weighted by molar-refractivity contribution is 7.19. The van der Waals surface area contributed by atoms with Crippen molar-refractivity contribution in [2.45, 2.75) is 13.0 Å². The van der Waals surface area contributed by atoms with Gasteiger partial charge < -0.3 is 10.8 Å². The second-order valence-electron chi connectivity index (χ2n) is 3.53. The normalized spacial score (nSPS) is 12.9. The maximum atomic E-state index is 13.0. The predicted molar refractivity (Wildman–Crippen MR) is 61.1 cm³/mol. The van der Waals surface area contributed by atoms with E-state index in [2.05, 4.69) is 0 Å². The summed E-state index contributed by atoms with van der Waals surface area (Å²) >= 11 is 1.36. The van der Waals surface area contributed by atoms with Crippen LogP contribution in [-0.2, 0) is 4.79 Å². The molecule has 2 rings (SSSR count). The van der Waals surface area contributed by atoms with Gasteiger partial charge >= 0.3 is 5.97 Å². The third kappa shape index (κ3) is 1.68. The van der Waals surface area contributed by atoms with E-state index in [1.54, 1.807) is 13.0 Å². The van der Waals surface area contributed by atoms with Crippen LogP contribution in [0.5, 0.6) is 0 Å². The number of halogens is 1. The van der Waals surface area contributed by atoms with Gasteiger partial charge in [-0.1, -0.05) is 6.07 Å². The molecule has 5 heteroatoms. The molecule has 2 aromatic rings. The Morgan fingerprint density at radius 1 is 1.56 bits per heavy atom. The van der Waals surface area contributed by atoms with Gasteiger partial charge in [-0.25, -0.2) is 4.39 Å². The smallest absolute Gasteiger partial charge is 0.325 e. The van der Waals surface area contributed by atoms with Crippen LogP contribution >= 0.6 is 11.3 Å². The molecule has 0 aliphatic heterocycles. The molecule has 3 nitrogen and oxygen atoms in total. The minimum absolute atomic E-state index is 0.329. The topological polar surface area (TPSA) is 63.3 Å². The first kappa shape index (κ1) is 11.0. The van der Waals surface area contributed by atoms with Crippen LogP contribution in [0.2, 0.25) is 0 Å². The number of carboxylic acid groups (broad SMARTS) is 1. The number of fused-ring (bicyclic) bond motifs is 1. The Morgan fingerprint density at radius 3 is 2.88 bits per heavy atom. The van der Waals surface area contributed by atoms with E-state index in [9.17, 15) is 9.18 Å². The SMILES string of the molecule is Cc1sc2cc(F)ccc2c1C(N)C(=O)O. The minimum Gasteiger partial charge on any atom is -0.480 e. The fourth-order valence-corrected chi connectivity index (χ4v) is 2.86. The highest BCUT2D eigenvalue weighted by atomic mass is 32.1. The summed E-state index contributed by atoms with van der Waals surface area (Å²) in [6.45, 7) is 1.79. The first-order valence-electron chi connectivity index (χ1n) is 4.67. The minimum atomic E-state index is -1.08. The van der Waals surface area contributed by atoms with Gasteiger partial charge in [0.1, 0.15) is 11.9 Å². The number of aliphatic carboxylic acids is 1. The molecule has 0 amide bonds. The standard InChI is InChI=1S/C11H10FNO2S/c1-5-9(10(13)11(14)15)7-3-2-6(12)4-8(7)16-5/h2-4,10H,13H2,1H3,(H,14,15). The average molecular weight is 239 g/mol. The van der Waals surface area contributed by atoms with Crippen molar-refractivity contribution in [2.75, 3.05) is 0 Å². The van der Waals surface area contributed by atoms with Gasteiger partial charge in [0.15, 0.2) is 0 Å². The Labute approximate surface area is 95.3 Å². The lowest BCUT2D eigenvalue weighted by Gasteiger charge is -2.06. The highest BCUT2D eigenvalue weighted by Gasteiger charge is 2.21. The van der Waals surface area contributed by atoms with E-state index < -0.39 is 12.0 Å². The predicted octanol–water partition coefficient (Wildman–Crippen LogP) is 2.43. The summed E-state index contributed by atoms with van der Waals surface area (Å²) < 4.78 is 13.7. The molecule has 3 N–H and O–H groups in total. The zero-order valence-electron chi connectivity index (χ0n) is 8.53. The maximum Gasteiger partial charge on any atom is 0.325 e. The second-order valence-corrected chi connectivity index (χ2v) is 4.78. The Balaban J connectivity index is 2.69. The highest BCUT2D eigenvalue weighted by Crippen LogP contribution is 2.34. The van der Waals surface area contributed by atoms with Gasteiger partial charge in [-0.2, -0.15) is 0 Å². The summed E-state index contributed by atoms with van der Waals surface area (Å²) in [6.07, 6.45) is 0. The summed E-state index contributed by atoms with van der Waals surface area (Å²) in [6, 6.07) is 3.23. The first-order chi connectivity index (χ1) is 7.50. The molecular weight excluding hydrogens is 229 g/mol. The zero-order valence-corrected chi connectivity index (χ0v) is 9.34. The molecule has 1 heterocycles. The molecule has 0 spiro atoms. The van der Waals surface area contributed by atoms with Crippen LogP contribution in [0, 0.1) is 12.7 Å². The van der Waals surface area contributed by atoms with Crippen LogP contribution in [0.25, 0.3) is 10.1 Å². The van der Waals surface area contributed by atoms with E-state index in [0.717, 1.165) is 15.0 Å². The van der Waals surface area contributed by atoms with Gasteiger partial charge in [-0.05, 0) is 24.4 Å². The van der Waals surface area contributed by atoms with Crippen molar-refractivity contribution in [3.8, 4) is 0 Å². The van der Waals surface area contributed by atoms with Gasteiger partial charge in [0, 0.05) is 15.1 Å². The van der Waals surface area contributed by atoms with Gasteiger partial charge in [0.2, 0.25) is 0 Å². The number of hydrogen-bond acceptors (Lipinski definition) is 3. The molecular formula is C11H10FNO2S. The molecule has 0 saturated heterocycles. The first-order valence-corrected chi connectivity index (χ1v) is 5.49. The van der Waals surface area contributed by atoms with Crippen molar-refractivity contribution in [1.29, 1.82) is 0 Å². The van der Waals surface area contributed by atoms with Gasteiger partial charge in [-0.15, -0.1) is 11.3 Å². The molecule has 0 aliphatic rings. The Hall–Kier alpha value is -1.46. The molecule has 16 heavy (non-hydrogen) atoms. The quantitative estimate of drug-likeness (QED) is 0.846. The summed E-state index contributed by atoms with van der Waals surface area (Å²) in [5.74, 6) is -1.41. The second kappa shape index (κ2) is 3.84. The van der Waals surface area contributed by atoms with Crippen LogP contribution in [0.1, 0.15) is 16.5 Å². The number of carbonyl (C=O) groups is 1. The Bertz CT molecular complexity index is 564. The van der Waals surface area contributed by atoms with E-state index in [1.807, 2.05) is 0 Å². The Morgan fingerprint density at radius 2 is 2.25 bits per heavy atom. The number of benzene rings is 1. The summed E-state index contributed by atoms with van der Waals surface area (Å²) in [5, 5.41) is 9.62. The summed E-state index contributed by atoms with van der Waals surface area (Å²) in [4.78, 5) is 11.7. The molecule has 0 aliphatic carbocycles. The average Bonchev–Trinajstić information content (AvgIpc) is 2.51. The van der Waals surface area contributed by atoms with Crippen LogP contribution in [0.3, 0.4) is 0 Å². The van der Waals surface area contributed by atoms with Crippen molar-refractivity contribution in [3.05, 3.63) is 34.5 Å². The number of nitrogens with two attached hydrogens (primary N) is 1. The van der Waals surface area contributed by atoms with E-state index >= 15 is 0 Å². The fourth-order valence-electron chi connectivity index (χ4n) is 1.72. The lowest BCUT2D eigenvalue weighted by Crippen LogP contribution is -2.20. The van der Waals surface area contributed by atoms with Crippen LogP contribution in [0.4, 0.5) is 4.39 Å². The van der Waals surface area contributed by atoms with Crippen molar-refractivity contribution >= 4 is 27.4 Å². The lowest BCUT2D eigenvalue weighted by atomic mass is 10.0.